The van der Waals surface area contributed by atoms with E-state index in [1.807, 2.05) is 25.1 Å². The van der Waals surface area contributed by atoms with E-state index in [0.717, 1.165) is 16.7 Å². The maximum absolute atomic E-state index is 12.9. The number of urea groups is 1. The van der Waals surface area contributed by atoms with Gasteiger partial charge in [-0.25, -0.2) is 4.79 Å². The van der Waals surface area contributed by atoms with Gasteiger partial charge in [0.25, 0.3) is 5.91 Å². The fourth-order valence-electron chi connectivity index (χ4n) is 4.35. The van der Waals surface area contributed by atoms with Crippen molar-refractivity contribution in [3.8, 4) is 0 Å². The first-order valence-corrected chi connectivity index (χ1v) is 11.5. The van der Waals surface area contributed by atoms with Crippen LogP contribution >= 0.6 is 11.6 Å². The Kier molecular flexibility index (Phi) is 6.79. The second-order valence-corrected chi connectivity index (χ2v) is 9.02. The Balaban J connectivity index is 1.33. The molecule has 1 atom stereocenters. The lowest BCUT2D eigenvalue weighted by Gasteiger charge is -2.25. The predicted molar refractivity (Wildman–Crippen MR) is 125 cm³/mol. The molecule has 7 nitrogen and oxygen atoms in total. The highest BCUT2D eigenvalue weighted by Crippen LogP contribution is 2.29. The minimum absolute atomic E-state index is 0.0454. The Morgan fingerprint density at radius 3 is 2.76 bits per heavy atom. The number of anilines is 1. The van der Waals surface area contributed by atoms with E-state index in [1.165, 1.54) is 0 Å². The van der Waals surface area contributed by atoms with Gasteiger partial charge in [0.15, 0.2) is 5.78 Å². The summed E-state index contributed by atoms with van der Waals surface area (Å²) in [5.41, 5.74) is 4.02. The second kappa shape index (κ2) is 9.75. The molecule has 3 amide bonds. The molecule has 4 rings (SSSR count). The molecule has 0 spiro atoms. The van der Waals surface area contributed by atoms with Crippen molar-refractivity contribution in [3.63, 3.8) is 0 Å². The van der Waals surface area contributed by atoms with Gasteiger partial charge < -0.3 is 15.5 Å². The van der Waals surface area contributed by atoms with Crippen molar-refractivity contribution in [2.24, 2.45) is 0 Å². The highest BCUT2D eigenvalue weighted by atomic mass is 35.5. The normalized spacial score (nSPS) is 18.2. The maximum atomic E-state index is 12.9. The number of carbonyl (C=O) groups is 4. The van der Waals surface area contributed by atoms with Crippen LogP contribution in [0.2, 0.25) is 5.02 Å². The topological polar surface area (TPSA) is 95.6 Å². The molecule has 1 aliphatic heterocycles. The van der Waals surface area contributed by atoms with Crippen LogP contribution in [0.4, 0.5) is 10.5 Å². The molecule has 1 saturated carbocycles. The largest absolute Gasteiger partial charge is 0.338 e. The maximum Gasteiger partial charge on any atom is 0.319 e. The number of hydrogen-bond donors (Lipinski definition) is 2. The molecule has 1 heterocycles. The molecule has 0 aromatic heterocycles. The van der Waals surface area contributed by atoms with Crippen LogP contribution in [0.25, 0.3) is 0 Å². The number of carbonyl (C=O) groups excluding carboxylic acids is 4. The molecule has 0 saturated heterocycles. The number of halogens is 1. The van der Waals surface area contributed by atoms with Crippen molar-refractivity contribution in [3.05, 3.63) is 63.7 Å². The number of aryl methyl sites for hydroxylation is 1. The van der Waals surface area contributed by atoms with Crippen molar-refractivity contribution in [1.29, 1.82) is 0 Å². The van der Waals surface area contributed by atoms with Crippen molar-refractivity contribution in [1.82, 2.24) is 10.2 Å². The summed E-state index contributed by atoms with van der Waals surface area (Å²) in [6.07, 6.45) is 2.07. The van der Waals surface area contributed by atoms with Crippen molar-refractivity contribution in [2.45, 2.75) is 51.6 Å². The summed E-state index contributed by atoms with van der Waals surface area (Å²) >= 11 is 6.09. The van der Waals surface area contributed by atoms with Gasteiger partial charge in [-0.3, -0.25) is 14.4 Å². The summed E-state index contributed by atoms with van der Waals surface area (Å²) in [4.78, 5) is 50.8. The van der Waals surface area contributed by atoms with Gasteiger partial charge in [-0.15, -0.1) is 0 Å². The SMILES string of the molecule is Cc1ccc(NC(=O)NCCc2ccc3c(c2)CN(C2CCCC(=O)CC2=O)C3=O)cc1Cl. The fraction of sp³-hybridized carbons (Fsp3) is 0.360. The van der Waals surface area contributed by atoms with Crippen LogP contribution in [0.15, 0.2) is 36.4 Å². The molecule has 2 aromatic carbocycles. The third-order valence-corrected chi connectivity index (χ3v) is 6.59. The molecule has 0 radical (unpaired) electrons. The molecule has 1 fully saturated rings. The first-order valence-electron chi connectivity index (χ1n) is 11.1. The molecule has 172 valence electrons. The number of nitrogens with zero attached hydrogens (tertiary/aromatic N) is 1. The molecule has 2 aliphatic rings. The van der Waals surface area contributed by atoms with E-state index in [1.54, 1.807) is 23.1 Å². The van der Waals surface area contributed by atoms with Gasteiger partial charge in [-0.2, -0.15) is 0 Å². The second-order valence-electron chi connectivity index (χ2n) is 8.61. The monoisotopic (exact) mass is 467 g/mol. The Bertz CT molecular complexity index is 1130. The Morgan fingerprint density at radius 2 is 1.97 bits per heavy atom. The van der Waals surface area contributed by atoms with Crippen molar-refractivity contribution >= 4 is 40.8 Å². The summed E-state index contributed by atoms with van der Waals surface area (Å²) in [6.45, 7) is 2.69. The minimum atomic E-state index is -0.527. The van der Waals surface area contributed by atoms with E-state index in [4.69, 9.17) is 11.6 Å². The lowest BCUT2D eigenvalue weighted by molar-refractivity contribution is -0.128. The number of amides is 3. The zero-order valence-electron chi connectivity index (χ0n) is 18.4. The lowest BCUT2D eigenvalue weighted by atomic mass is 10.0. The van der Waals surface area contributed by atoms with Gasteiger partial charge in [0.05, 0.1) is 12.5 Å². The highest BCUT2D eigenvalue weighted by molar-refractivity contribution is 6.31. The quantitative estimate of drug-likeness (QED) is 0.512. The van der Waals surface area contributed by atoms with Crippen LogP contribution in [-0.4, -0.2) is 41.0 Å². The number of fused-ring (bicyclic) bond motifs is 1. The average molecular weight is 468 g/mol. The molecule has 1 aliphatic carbocycles. The number of ketones is 2. The van der Waals surface area contributed by atoms with Gasteiger partial charge >= 0.3 is 6.03 Å². The van der Waals surface area contributed by atoms with Gasteiger partial charge in [0.1, 0.15) is 5.78 Å². The van der Waals surface area contributed by atoms with Crippen LogP contribution in [0, 0.1) is 6.92 Å². The van der Waals surface area contributed by atoms with E-state index in [9.17, 15) is 19.2 Å². The third kappa shape index (κ3) is 5.25. The molecule has 0 bridgehead atoms. The molecule has 1 unspecified atom stereocenters. The van der Waals surface area contributed by atoms with E-state index in [2.05, 4.69) is 10.6 Å². The van der Waals surface area contributed by atoms with E-state index in [-0.39, 0.29) is 29.9 Å². The summed E-state index contributed by atoms with van der Waals surface area (Å²) in [5.74, 6) is -0.363. The predicted octanol–water partition coefficient (Wildman–Crippen LogP) is 4.05. The fourth-order valence-corrected chi connectivity index (χ4v) is 4.53. The zero-order chi connectivity index (χ0) is 23.5. The number of hydrogen-bond acceptors (Lipinski definition) is 4. The van der Waals surface area contributed by atoms with Gasteiger partial charge in [-0.1, -0.05) is 29.8 Å². The Hall–Kier alpha value is -3.19. The van der Waals surface area contributed by atoms with E-state index in [0.29, 0.717) is 55.0 Å². The number of rotatable bonds is 5. The molecular weight excluding hydrogens is 442 g/mol. The molecular formula is C25H26ClN3O4. The molecule has 8 heteroatoms. The van der Waals surface area contributed by atoms with Crippen molar-refractivity contribution in [2.75, 3.05) is 11.9 Å². The summed E-state index contributed by atoms with van der Waals surface area (Å²) in [7, 11) is 0. The average Bonchev–Trinajstić information content (AvgIpc) is 2.98. The van der Waals surface area contributed by atoms with Crippen LogP contribution in [0.3, 0.4) is 0 Å². The van der Waals surface area contributed by atoms with Gasteiger partial charge in [0, 0.05) is 35.8 Å². The molecule has 2 aromatic rings. The summed E-state index contributed by atoms with van der Waals surface area (Å²) in [5, 5.41) is 6.17. The number of benzene rings is 2. The summed E-state index contributed by atoms with van der Waals surface area (Å²) < 4.78 is 0. The zero-order valence-corrected chi connectivity index (χ0v) is 19.2. The van der Waals surface area contributed by atoms with Crippen LogP contribution in [0.5, 0.6) is 0 Å². The molecule has 2 N–H and O–H groups in total. The van der Waals surface area contributed by atoms with Crippen LogP contribution in [-0.2, 0) is 22.6 Å². The first kappa shape index (κ1) is 23.0. The Morgan fingerprint density at radius 1 is 1.15 bits per heavy atom. The summed E-state index contributed by atoms with van der Waals surface area (Å²) in [6, 6.07) is 10.1. The molecule has 33 heavy (non-hydrogen) atoms. The van der Waals surface area contributed by atoms with Gasteiger partial charge in [-0.05, 0) is 61.1 Å². The number of Topliss-reactive ketones (excluding diaryl/α,β-unsaturated/α-hetero) is 2. The van der Waals surface area contributed by atoms with Crippen LogP contribution < -0.4 is 10.6 Å². The smallest absolute Gasteiger partial charge is 0.319 e. The third-order valence-electron chi connectivity index (χ3n) is 6.18. The van der Waals surface area contributed by atoms with E-state index < -0.39 is 6.04 Å². The van der Waals surface area contributed by atoms with Crippen molar-refractivity contribution < 1.29 is 19.2 Å². The van der Waals surface area contributed by atoms with Gasteiger partial charge in [0.2, 0.25) is 0 Å². The van der Waals surface area contributed by atoms with E-state index >= 15 is 0 Å². The lowest BCUT2D eigenvalue weighted by Crippen LogP contribution is -2.41. The minimum Gasteiger partial charge on any atom is -0.338 e. The standard InChI is InChI=1S/C25H26ClN3O4/c1-15-5-7-18(12-21(15)26)28-25(33)27-10-9-16-6-8-20-17(11-16)14-29(24(20)32)22-4-2-3-19(30)13-23(22)31/h5-8,11-12,22H,2-4,9-10,13-14H2,1H3,(H2,27,28,33). The highest BCUT2D eigenvalue weighted by Gasteiger charge is 2.37. The van der Waals surface area contributed by atoms with Crippen LogP contribution in [0.1, 0.15) is 52.7 Å². The number of nitrogens with one attached hydrogen (secondary N) is 2. The Labute approximate surface area is 197 Å². The first-order chi connectivity index (χ1) is 15.8.